The second kappa shape index (κ2) is 5.83. The molecule has 0 aliphatic heterocycles. The number of rotatable bonds is 4. The van der Waals surface area contributed by atoms with Crippen molar-refractivity contribution in [3.05, 3.63) is 71.8 Å². The largest absolute Gasteiger partial charge is 0.289 e. The van der Waals surface area contributed by atoms with Gasteiger partial charge in [0.2, 0.25) is 0 Å². The van der Waals surface area contributed by atoms with Crippen LogP contribution in [0.5, 0.6) is 0 Å². The minimum atomic E-state index is 0.0668. The van der Waals surface area contributed by atoms with Crippen LogP contribution < -0.4 is 0 Å². The summed E-state index contributed by atoms with van der Waals surface area (Å²) in [7, 11) is 0. The molecule has 0 saturated carbocycles. The first kappa shape index (κ1) is 13.5. The minimum absolute atomic E-state index is 0.0668. The standard InChI is InChI=1S/C18H21N/c1-15(16-10-6-4-7-11-16)19-14-18(2,3)17-12-8-5-9-13-17/h4-13H,14H2,1-3H3. The maximum absolute atomic E-state index is 4.76. The Bertz CT molecular complexity index is 538. The van der Waals surface area contributed by atoms with Crippen molar-refractivity contribution < 1.29 is 0 Å². The summed E-state index contributed by atoms with van der Waals surface area (Å²) in [5, 5.41) is 0. The van der Waals surface area contributed by atoms with Crippen molar-refractivity contribution in [3.63, 3.8) is 0 Å². The fourth-order valence-corrected chi connectivity index (χ4v) is 2.07. The van der Waals surface area contributed by atoms with Gasteiger partial charge in [-0.15, -0.1) is 0 Å². The molecule has 2 aromatic carbocycles. The molecular weight excluding hydrogens is 230 g/mol. The first-order valence-corrected chi connectivity index (χ1v) is 6.71. The van der Waals surface area contributed by atoms with Crippen molar-refractivity contribution in [2.24, 2.45) is 4.99 Å². The first-order valence-electron chi connectivity index (χ1n) is 6.71. The van der Waals surface area contributed by atoms with Crippen molar-refractivity contribution in [3.8, 4) is 0 Å². The first-order chi connectivity index (χ1) is 9.09. The van der Waals surface area contributed by atoms with E-state index in [1.54, 1.807) is 0 Å². The van der Waals surface area contributed by atoms with Gasteiger partial charge < -0.3 is 0 Å². The third-order valence-corrected chi connectivity index (χ3v) is 3.46. The summed E-state index contributed by atoms with van der Waals surface area (Å²) in [6, 6.07) is 20.9. The van der Waals surface area contributed by atoms with Gasteiger partial charge in [0.25, 0.3) is 0 Å². The summed E-state index contributed by atoms with van der Waals surface area (Å²) in [6.45, 7) is 7.36. The van der Waals surface area contributed by atoms with Crippen LogP contribution in [0, 0.1) is 0 Å². The van der Waals surface area contributed by atoms with Gasteiger partial charge in [0.15, 0.2) is 0 Å². The molecule has 98 valence electrons. The zero-order chi connectivity index (χ0) is 13.7. The van der Waals surface area contributed by atoms with Crippen molar-refractivity contribution in [2.75, 3.05) is 6.54 Å². The molecule has 0 heterocycles. The smallest absolute Gasteiger partial charge is 0.0484 e. The highest BCUT2D eigenvalue weighted by molar-refractivity contribution is 5.98. The van der Waals surface area contributed by atoms with E-state index in [4.69, 9.17) is 4.99 Å². The molecule has 2 rings (SSSR count). The molecule has 0 aliphatic carbocycles. The molecule has 0 saturated heterocycles. The predicted octanol–water partition coefficient (Wildman–Crippen LogP) is 4.47. The third-order valence-electron chi connectivity index (χ3n) is 3.46. The van der Waals surface area contributed by atoms with Crippen LogP contribution in [-0.2, 0) is 5.41 Å². The van der Waals surface area contributed by atoms with E-state index in [0.717, 1.165) is 12.3 Å². The molecule has 0 fully saturated rings. The van der Waals surface area contributed by atoms with E-state index in [0.29, 0.717) is 0 Å². The van der Waals surface area contributed by atoms with Gasteiger partial charge in [0.05, 0.1) is 0 Å². The van der Waals surface area contributed by atoms with Crippen LogP contribution in [0.2, 0.25) is 0 Å². The van der Waals surface area contributed by atoms with Gasteiger partial charge in [0, 0.05) is 17.7 Å². The van der Waals surface area contributed by atoms with E-state index in [9.17, 15) is 0 Å². The minimum Gasteiger partial charge on any atom is -0.289 e. The van der Waals surface area contributed by atoms with Gasteiger partial charge >= 0.3 is 0 Å². The third kappa shape index (κ3) is 3.54. The van der Waals surface area contributed by atoms with Crippen molar-refractivity contribution in [1.29, 1.82) is 0 Å². The monoisotopic (exact) mass is 251 g/mol. The molecule has 0 bridgehead atoms. The number of benzene rings is 2. The second-order valence-corrected chi connectivity index (χ2v) is 5.52. The summed E-state index contributed by atoms with van der Waals surface area (Å²) in [6.07, 6.45) is 0. The number of aliphatic imine (C=N–C) groups is 1. The van der Waals surface area contributed by atoms with Crippen LogP contribution in [0.3, 0.4) is 0 Å². The van der Waals surface area contributed by atoms with Crippen molar-refractivity contribution in [2.45, 2.75) is 26.2 Å². The van der Waals surface area contributed by atoms with E-state index in [2.05, 4.69) is 75.4 Å². The highest BCUT2D eigenvalue weighted by Crippen LogP contribution is 2.23. The van der Waals surface area contributed by atoms with Gasteiger partial charge in [-0.05, 0) is 18.1 Å². The van der Waals surface area contributed by atoms with Gasteiger partial charge in [-0.2, -0.15) is 0 Å². The average Bonchev–Trinajstić information content (AvgIpc) is 2.47. The van der Waals surface area contributed by atoms with E-state index in [-0.39, 0.29) is 5.41 Å². The van der Waals surface area contributed by atoms with Crippen LogP contribution in [0.25, 0.3) is 0 Å². The Balaban J connectivity index is 2.13. The summed E-state index contributed by atoms with van der Waals surface area (Å²) >= 11 is 0. The summed E-state index contributed by atoms with van der Waals surface area (Å²) < 4.78 is 0. The van der Waals surface area contributed by atoms with E-state index in [1.807, 2.05) is 6.07 Å². The fourth-order valence-electron chi connectivity index (χ4n) is 2.07. The molecule has 0 radical (unpaired) electrons. The SMILES string of the molecule is CC(=NCC(C)(C)c1ccccc1)c1ccccc1. The maximum Gasteiger partial charge on any atom is 0.0484 e. The molecule has 0 aromatic heterocycles. The lowest BCUT2D eigenvalue weighted by Gasteiger charge is -2.23. The second-order valence-electron chi connectivity index (χ2n) is 5.52. The van der Waals surface area contributed by atoms with Gasteiger partial charge in [-0.3, -0.25) is 4.99 Å². The maximum atomic E-state index is 4.76. The Hall–Kier alpha value is -1.89. The van der Waals surface area contributed by atoms with Crippen LogP contribution >= 0.6 is 0 Å². The Labute approximate surface area is 116 Å². The summed E-state index contributed by atoms with van der Waals surface area (Å²) in [5.41, 5.74) is 3.70. The van der Waals surface area contributed by atoms with E-state index in [1.165, 1.54) is 11.1 Å². The predicted molar refractivity (Wildman–Crippen MR) is 83.0 cm³/mol. The number of hydrogen-bond donors (Lipinski definition) is 0. The molecule has 0 aliphatic rings. The van der Waals surface area contributed by atoms with Crippen LogP contribution in [0.15, 0.2) is 65.7 Å². The number of nitrogens with zero attached hydrogens (tertiary/aromatic N) is 1. The average molecular weight is 251 g/mol. The fraction of sp³-hybridized carbons (Fsp3) is 0.278. The molecule has 0 unspecified atom stereocenters. The van der Waals surface area contributed by atoms with Crippen molar-refractivity contribution >= 4 is 5.71 Å². The normalized spacial score (nSPS) is 12.5. The van der Waals surface area contributed by atoms with Gasteiger partial charge in [-0.1, -0.05) is 74.5 Å². The number of hydrogen-bond acceptors (Lipinski definition) is 1. The van der Waals surface area contributed by atoms with Crippen LogP contribution in [-0.4, -0.2) is 12.3 Å². The molecule has 19 heavy (non-hydrogen) atoms. The lowest BCUT2D eigenvalue weighted by atomic mass is 9.85. The Morgan fingerprint density at radius 1 is 0.895 bits per heavy atom. The quantitative estimate of drug-likeness (QED) is 0.711. The molecule has 0 atom stereocenters. The zero-order valence-corrected chi connectivity index (χ0v) is 11.9. The van der Waals surface area contributed by atoms with Crippen LogP contribution in [0.1, 0.15) is 31.9 Å². The van der Waals surface area contributed by atoms with E-state index < -0.39 is 0 Å². The lowest BCUT2D eigenvalue weighted by Crippen LogP contribution is -2.21. The zero-order valence-electron chi connectivity index (χ0n) is 11.9. The summed E-state index contributed by atoms with van der Waals surface area (Å²) in [4.78, 5) is 4.76. The lowest BCUT2D eigenvalue weighted by molar-refractivity contribution is 0.540. The van der Waals surface area contributed by atoms with Crippen LogP contribution in [0.4, 0.5) is 0 Å². The topological polar surface area (TPSA) is 12.4 Å². The Morgan fingerprint density at radius 2 is 1.42 bits per heavy atom. The van der Waals surface area contributed by atoms with E-state index >= 15 is 0 Å². The Kier molecular flexibility index (Phi) is 4.16. The molecule has 2 aromatic rings. The van der Waals surface area contributed by atoms with Crippen molar-refractivity contribution in [1.82, 2.24) is 0 Å². The highest BCUT2D eigenvalue weighted by Gasteiger charge is 2.19. The molecular formula is C18H21N. The Morgan fingerprint density at radius 3 is 2.00 bits per heavy atom. The molecule has 1 heteroatoms. The van der Waals surface area contributed by atoms with Gasteiger partial charge in [-0.25, -0.2) is 0 Å². The summed E-state index contributed by atoms with van der Waals surface area (Å²) in [5.74, 6) is 0. The molecule has 1 nitrogen and oxygen atoms in total. The van der Waals surface area contributed by atoms with Gasteiger partial charge in [0.1, 0.15) is 0 Å². The molecule has 0 spiro atoms. The molecule has 0 N–H and O–H groups in total. The molecule has 0 amide bonds. The highest BCUT2D eigenvalue weighted by atomic mass is 14.8.